The lowest BCUT2D eigenvalue weighted by atomic mass is 10.3. The molecule has 0 aliphatic rings. The zero-order valence-electron chi connectivity index (χ0n) is 13.8. The van der Waals surface area contributed by atoms with Crippen molar-refractivity contribution < 1.29 is 9.22 Å². The minimum absolute atomic E-state index is 0.215. The van der Waals surface area contributed by atoms with Gasteiger partial charge in [0.15, 0.2) is 8.32 Å². The molecule has 0 saturated heterocycles. The lowest BCUT2D eigenvalue weighted by Crippen LogP contribution is -2.47. The normalized spacial score (nSPS) is 13.2. The second-order valence-corrected chi connectivity index (χ2v) is 11.8. The molecule has 0 radical (unpaired) electrons. The highest BCUT2D eigenvalue weighted by Gasteiger charge is 2.44. The number of rotatable bonds is 9. The average molecular weight is 285 g/mol. The molecule has 0 rings (SSSR count). The summed E-state index contributed by atoms with van der Waals surface area (Å²) in [5.41, 5.74) is 1.90. The zero-order valence-corrected chi connectivity index (χ0v) is 14.8. The molecule has 3 heteroatoms. The molecular formula is C16H32O2Si. The van der Waals surface area contributed by atoms with Gasteiger partial charge in [-0.3, -0.25) is 4.79 Å². The van der Waals surface area contributed by atoms with Crippen molar-refractivity contribution in [1.29, 1.82) is 0 Å². The SMILES string of the molecule is CC(=O)CC=CCCO[Si](C(C)C)(C(C)C)C(C)C. The van der Waals surface area contributed by atoms with E-state index in [-0.39, 0.29) is 5.78 Å². The highest BCUT2D eigenvalue weighted by Crippen LogP contribution is 2.42. The van der Waals surface area contributed by atoms with Crippen molar-refractivity contribution in [3.05, 3.63) is 12.2 Å². The molecule has 112 valence electrons. The van der Waals surface area contributed by atoms with Gasteiger partial charge in [0.2, 0.25) is 0 Å². The van der Waals surface area contributed by atoms with E-state index in [2.05, 4.69) is 47.6 Å². The van der Waals surface area contributed by atoms with Crippen LogP contribution in [-0.2, 0) is 9.22 Å². The number of carbonyl (C=O) groups is 1. The summed E-state index contributed by atoms with van der Waals surface area (Å²) in [6.07, 6.45) is 5.48. The molecule has 0 saturated carbocycles. The molecule has 0 amide bonds. The minimum atomic E-state index is -1.71. The van der Waals surface area contributed by atoms with Gasteiger partial charge < -0.3 is 4.43 Å². The van der Waals surface area contributed by atoms with E-state index in [1.54, 1.807) is 6.92 Å². The van der Waals surface area contributed by atoms with E-state index in [1.165, 1.54) is 0 Å². The Kier molecular flexibility index (Phi) is 8.51. The van der Waals surface area contributed by atoms with Crippen LogP contribution in [0.2, 0.25) is 16.6 Å². The highest BCUT2D eigenvalue weighted by atomic mass is 28.4. The van der Waals surface area contributed by atoms with Crippen molar-refractivity contribution in [2.45, 2.75) is 77.9 Å². The molecule has 0 aromatic carbocycles. The first kappa shape index (κ1) is 18.6. The Labute approximate surface area is 120 Å². The summed E-state index contributed by atoms with van der Waals surface area (Å²) in [5, 5.41) is 0. The van der Waals surface area contributed by atoms with Crippen LogP contribution < -0.4 is 0 Å². The van der Waals surface area contributed by atoms with Gasteiger partial charge in [-0.05, 0) is 30.0 Å². The van der Waals surface area contributed by atoms with Crippen LogP contribution in [0.3, 0.4) is 0 Å². The van der Waals surface area contributed by atoms with Crippen LogP contribution in [0.15, 0.2) is 12.2 Å². The summed E-state index contributed by atoms with van der Waals surface area (Å²) in [7, 11) is -1.71. The first-order valence-electron chi connectivity index (χ1n) is 7.53. The van der Waals surface area contributed by atoms with Gasteiger partial charge in [-0.15, -0.1) is 0 Å². The maximum absolute atomic E-state index is 10.8. The summed E-state index contributed by atoms with van der Waals surface area (Å²) in [5.74, 6) is 0.215. The monoisotopic (exact) mass is 284 g/mol. The fourth-order valence-corrected chi connectivity index (χ4v) is 8.64. The van der Waals surface area contributed by atoms with Crippen LogP contribution in [0.4, 0.5) is 0 Å². The zero-order chi connectivity index (χ0) is 15.1. The number of Topliss-reactive ketones (excluding diaryl/α,β-unsaturated/α-hetero) is 1. The van der Waals surface area contributed by atoms with E-state index >= 15 is 0 Å². The fraction of sp³-hybridized carbons (Fsp3) is 0.812. The summed E-state index contributed by atoms with van der Waals surface area (Å²) in [6.45, 7) is 16.2. The molecule has 0 aliphatic heterocycles. The first-order valence-corrected chi connectivity index (χ1v) is 9.67. The third-order valence-corrected chi connectivity index (χ3v) is 10.0. The molecule has 0 bridgehead atoms. The lowest BCUT2D eigenvalue weighted by molar-refractivity contribution is -0.116. The third kappa shape index (κ3) is 5.61. The Morgan fingerprint density at radius 2 is 1.47 bits per heavy atom. The molecule has 0 unspecified atom stereocenters. The summed E-state index contributed by atoms with van der Waals surface area (Å²) in [4.78, 5) is 10.8. The average Bonchev–Trinajstić information content (AvgIpc) is 2.26. The fourth-order valence-electron chi connectivity index (χ4n) is 3.17. The number of hydrogen-bond acceptors (Lipinski definition) is 2. The van der Waals surface area contributed by atoms with Crippen molar-refractivity contribution >= 4 is 14.1 Å². The Balaban J connectivity index is 4.44. The van der Waals surface area contributed by atoms with E-state index in [9.17, 15) is 4.79 Å². The Bertz CT molecular complexity index is 271. The number of carbonyl (C=O) groups excluding carboxylic acids is 1. The van der Waals surface area contributed by atoms with Gasteiger partial charge in [0.1, 0.15) is 5.78 Å². The maximum Gasteiger partial charge on any atom is 0.200 e. The number of hydrogen-bond donors (Lipinski definition) is 0. The van der Waals surface area contributed by atoms with Crippen molar-refractivity contribution in [3.8, 4) is 0 Å². The summed E-state index contributed by atoms with van der Waals surface area (Å²) < 4.78 is 6.42. The minimum Gasteiger partial charge on any atom is -0.416 e. The summed E-state index contributed by atoms with van der Waals surface area (Å²) in [6, 6.07) is 0. The van der Waals surface area contributed by atoms with Gasteiger partial charge in [0.25, 0.3) is 0 Å². The van der Waals surface area contributed by atoms with Crippen molar-refractivity contribution in [3.63, 3.8) is 0 Å². The van der Waals surface area contributed by atoms with Gasteiger partial charge in [0, 0.05) is 13.0 Å². The topological polar surface area (TPSA) is 26.3 Å². The van der Waals surface area contributed by atoms with E-state index in [0.717, 1.165) is 13.0 Å². The molecule has 0 aliphatic carbocycles. The molecule has 0 heterocycles. The van der Waals surface area contributed by atoms with Crippen molar-refractivity contribution in [2.75, 3.05) is 6.61 Å². The molecule has 0 N–H and O–H groups in total. The Morgan fingerprint density at radius 3 is 1.84 bits per heavy atom. The van der Waals surface area contributed by atoms with E-state index < -0.39 is 8.32 Å². The molecule has 0 fully saturated rings. The van der Waals surface area contributed by atoms with Gasteiger partial charge in [-0.1, -0.05) is 53.7 Å². The third-order valence-electron chi connectivity index (χ3n) is 3.92. The van der Waals surface area contributed by atoms with Crippen LogP contribution in [-0.4, -0.2) is 20.7 Å². The molecule has 2 nitrogen and oxygen atoms in total. The van der Waals surface area contributed by atoms with Crippen LogP contribution in [0.25, 0.3) is 0 Å². The maximum atomic E-state index is 10.8. The van der Waals surface area contributed by atoms with Gasteiger partial charge in [-0.25, -0.2) is 0 Å². The predicted octanol–water partition coefficient (Wildman–Crippen LogP) is 5.10. The number of allylic oxidation sites excluding steroid dienone is 1. The largest absolute Gasteiger partial charge is 0.416 e. The first-order chi connectivity index (χ1) is 8.75. The van der Waals surface area contributed by atoms with E-state index in [1.807, 2.05) is 6.08 Å². The van der Waals surface area contributed by atoms with Crippen molar-refractivity contribution in [2.24, 2.45) is 0 Å². The Morgan fingerprint density at radius 1 is 1.00 bits per heavy atom. The van der Waals surface area contributed by atoms with Crippen molar-refractivity contribution in [1.82, 2.24) is 0 Å². The molecule has 0 aromatic rings. The second-order valence-electron chi connectivity index (χ2n) is 6.33. The predicted molar refractivity (Wildman–Crippen MR) is 86.1 cm³/mol. The molecule has 0 spiro atoms. The Hall–Kier alpha value is -0.413. The highest BCUT2D eigenvalue weighted by molar-refractivity contribution is 6.77. The van der Waals surface area contributed by atoms with Crippen LogP contribution >= 0.6 is 0 Å². The van der Waals surface area contributed by atoms with Gasteiger partial charge in [-0.2, -0.15) is 0 Å². The van der Waals surface area contributed by atoms with Crippen LogP contribution in [0.5, 0.6) is 0 Å². The molecule has 19 heavy (non-hydrogen) atoms. The quantitative estimate of drug-likeness (QED) is 0.334. The smallest absolute Gasteiger partial charge is 0.200 e. The number of ketones is 1. The summed E-state index contributed by atoms with van der Waals surface area (Å²) >= 11 is 0. The molecule has 0 aromatic heterocycles. The molecular weight excluding hydrogens is 252 g/mol. The van der Waals surface area contributed by atoms with Crippen LogP contribution in [0.1, 0.15) is 61.3 Å². The second kappa shape index (κ2) is 8.70. The lowest BCUT2D eigenvalue weighted by Gasteiger charge is -2.42. The van der Waals surface area contributed by atoms with E-state index in [0.29, 0.717) is 23.0 Å². The van der Waals surface area contributed by atoms with Gasteiger partial charge in [0.05, 0.1) is 0 Å². The van der Waals surface area contributed by atoms with E-state index in [4.69, 9.17) is 4.43 Å². The van der Waals surface area contributed by atoms with Crippen LogP contribution in [0, 0.1) is 0 Å². The van der Waals surface area contributed by atoms with Gasteiger partial charge >= 0.3 is 0 Å². The molecule has 0 atom stereocenters. The standard InChI is InChI=1S/C16H32O2Si/c1-13(2)19(14(3)4,15(5)6)18-12-10-8-9-11-16(7)17/h8-9,13-15H,10-12H2,1-7H3.